The van der Waals surface area contributed by atoms with Gasteiger partial charge in [-0.3, -0.25) is 4.79 Å². The van der Waals surface area contributed by atoms with Crippen LogP contribution in [0.2, 0.25) is 5.02 Å². The summed E-state index contributed by atoms with van der Waals surface area (Å²) in [5, 5.41) is 23.3. The number of furan rings is 1. The van der Waals surface area contributed by atoms with Crippen LogP contribution in [0.3, 0.4) is 0 Å². The van der Waals surface area contributed by atoms with Gasteiger partial charge in [-0.25, -0.2) is 0 Å². The van der Waals surface area contributed by atoms with Crippen LogP contribution in [0.25, 0.3) is 11.3 Å². The van der Waals surface area contributed by atoms with Crippen molar-refractivity contribution in [2.75, 3.05) is 20.1 Å². The average molecular weight is 672 g/mol. The van der Waals surface area contributed by atoms with Crippen LogP contribution in [0, 0.1) is 5.41 Å². The number of carbonyl (C=O) groups is 1. The number of ketones is 1. The van der Waals surface area contributed by atoms with E-state index in [1.54, 1.807) is 0 Å². The SMILES string of the molecule is CCCN(C)CC1(O)CCC2c3ccc(cc3C(=O)c3ccc(-c4cc(C(F)(F)F)ccc4Cl)o3)CC(O)CCC(C)=CCCC21C. The molecule has 0 radical (unpaired) electrons. The van der Waals surface area contributed by atoms with Gasteiger partial charge >= 0.3 is 6.18 Å². The highest BCUT2D eigenvalue weighted by atomic mass is 35.5. The fourth-order valence-corrected chi connectivity index (χ4v) is 7.94. The normalized spacial score (nSPS) is 25.5. The van der Waals surface area contributed by atoms with Gasteiger partial charge in [0.25, 0.3) is 0 Å². The number of alkyl halides is 3. The molecule has 4 atom stereocenters. The van der Waals surface area contributed by atoms with Crippen LogP contribution in [0.5, 0.6) is 0 Å². The Labute approximate surface area is 280 Å². The van der Waals surface area contributed by atoms with Gasteiger partial charge < -0.3 is 19.5 Å². The average Bonchev–Trinajstić information content (AvgIpc) is 3.58. The van der Waals surface area contributed by atoms with E-state index in [0.29, 0.717) is 44.2 Å². The molecule has 47 heavy (non-hydrogen) atoms. The molecule has 2 N–H and O–H groups in total. The van der Waals surface area contributed by atoms with Gasteiger partial charge in [0.1, 0.15) is 5.76 Å². The van der Waals surface area contributed by atoms with Crippen molar-refractivity contribution >= 4 is 17.4 Å². The van der Waals surface area contributed by atoms with Crippen LogP contribution in [0.1, 0.15) is 104 Å². The lowest BCUT2D eigenvalue weighted by atomic mass is 9.64. The molecule has 3 aliphatic rings. The summed E-state index contributed by atoms with van der Waals surface area (Å²) >= 11 is 6.28. The van der Waals surface area contributed by atoms with E-state index < -0.39 is 34.6 Å². The third-order valence-corrected chi connectivity index (χ3v) is 10.8. The fourth-order valence-electron chi connectivity index (χ4n) is 7.73. The zero-order chi connectivity index (χ0) is 34.1. The number of aliphatic hydroxyl groups is 2. The highest BCUT2D eigenvalue weighted by Crippen LogP contribution is 2.59. The molecular formula is C38H45ClF3NO4. The summed E-state index contributed by atoms with van der Waals surface area (Å²) in [6, 6.07) is 11.7. The molecule has 0 spiro atoms. The molecule has 2 bridgehead atoms. The molecule has 6 rings (SSSR count). The quantitative estimate of drug-likeness (QED) is 0.194. The summed E-state index contributed by atoms with van der Waals surface area (Å²) < 4.78 is 46.4. The van der Waals surface area contributed by atoms with Crippen molar-refractivity contribution in [1.82, 2.24) is 4.90 Å². The van der Waals surface area contributed by atoms with E-state index in [1.807, 2.05) is 25.2 Å². The Morgan fingerprint density at radius 3 is 2.60 bits per heavy atom. The summed E-state index contributed by atoms with van der Waals surface area (Å²) in [7, 11) is 2.03. The van der Waals surface area contributed by atoms with Crippen molar-refractivity contribution in [3.63, 3.8) is 0 Å². The van der Waals surface area contributed by atoms with Gasteiger partial charge in [0.05, 0.1) is 22.3 Å². The first-order chi connectivity index (χ1) is 22.1. The number of nitrogens with zero attached hydrogens (tertiary/aromatic N) is 1. The molecule has 9 heteroatoms. The second kappa shape index (κ2) is 13.9. The highest BCUT2D eigenvalue weighted by Gasteiger charge is 2.57. The predicted octanol–water partition coefficient (Wildman–Crippen LogP) is 9.23. The van der Waals surface area contributed by atoms with Gasteiger partial charge in [0, 0.05) is 23.1 Å². The second-order valence-corrected chi connectivity index (χ2v) is 14.3. The molecule has 3 aromatic rings. The van der Waals surface area contributed by atoms with E-state index in [0.717, 1.165) is 49.1 Å². The number of hydrogen-bond donors (Lipinski definition) is 2. The van der Waals surface area contributed by atoms with E-state index in [4.69, 9.17) is 16.0 Å². The van der Waals surface area contributed by atoms with Gasteiger partial charge in [-0.2, -0.15) is 13.2 Å². The molecule has 254 valence electrons. The minimum atomic E-state index is -4.57. The lowest BCUT2D eigenvalue weighted by Gasteiger charge is -2.45. The van der Waals surface area contributed by atoms with Gasteiger partial charge in [-0.05, 0) is 125 Å². The first-order valence-electron chi connectivity index (χ1n) is 16.5. The number of aliphatic hydroxyl groups excluding tert-OH is 1. The molecule has 1 aromatic heterocycles. The van der Waals surface area contributed by atoms with Crippen molar-refractivity contribution in [2.24, 2.45) is 5.41 Å². The van der Waals surface area contributed by atoms with Gasteiger partial charge in [0.15, 0.2) is 5.76 Å². The van der Waals surface area contributed by atoms with Crippen molar-refractivity contribution in [3.8, 4) is 11.3 Å². The van der Waals surface area contributed by atoms with Crippen LogP contribution < -0.4 is 0 Å². The number of likely N-dealkylation sites (N-methyl/N-ethyl adjacent to an activating group) is 1. The number of hydrogen-bond acceptors (Lipinski definition) is 5. The first kappa shape index (κ1) is 35.4. The second-order valence-electron chi connectivity index (χ2n) is 13.9. The highest BCUT2D eigenvalue weighted by molar-refractivity contribution is 6.33. The lowest BCUT2D eigenvalue weighted by molar-refractivity contribution is -0.137. The zero-order valence-corrected chi connectivity index (χ0v) is 28.3. The minimum Gasteiger partial charge on any atom is -0.453 e. The largest absolute Gasteiger partial charge is 0.453 e. The van der Waals surface area contributed by atoms with Crippen molar-refractivity contribution in [1.29, 1.82) is 0 Å². The van der Waals surface area contributed by atoms with Crippen LogP contribution >= 0.6 is 11.6 Å². The number of carbonyl (C=O) groups excluding carboxylic acids is 1. The molecule has 4 unspecified atom stereocenters. The zero-order valence-electron chi connectivity index (χ0n) is 27.6. The Hall–Kier alpha value is -2.91. The third kappa shape index (κ3) is 7.41. The molecule has 0 saturated heterocycles. The van der Waals surface area contributed by atoms with Crippen molar-refractivity contribution < 1.29 is 32.6 Å². The number of allylic oxidation sites excluding steroid dienone is 2. The number of benzene rings is 2. The number of fused-ring (bicyclic) bond motifs is 8. The predicted molar refractivity (Wildman–Crippen MR) is 179 cm³/mol. The molecule has 1 heterocycles. The van der Waals surface area contributed by atoms with Crippen molar-refractivity contribution in [2.45, 2.75) is 95.9 Å². The Kier molecular flexibility index (Phi) is 10.5. The topological polar surface area (TPSA) is 73.9 Å². The molecule has 0 amide bonds. The molecule has 0 aliphatic heterocycles. The van der Waals surface area contributed by atoms with Crippen LogP contribution in [0.15, 0.2) is 64.6 Å². The van der Waals surface area contributed by atoms with Crippen LogP contribution in [0.4, 0.5) is 13.2 Å². The molecule has 5 nitrogen and oxygen atoms in total. The maximum atomic E-state index is 14.3. The minimum absolute atomic E-state index is 0.0234. The van der Waals surface area contributed by atoms with Crippen molar-refractivity contribution in [3.05, 3.63) is 93.2 Å². The molecule has 3 aliphatic carbocycles. The monoisotopic (exact) mass is 671 g/mol. The van der Waals surface area contributed by atoms with Gasteiger partial charge in [-0.1, -0.05) is 49.2 Å². The smallest absolute Gasteiger partial charge is 0.416 e. The van der Waals surface area contributed by atoms with Crippen LogP contribution in [-0.2, 0) is 12.6 Å². The molecule has 2 aromatic carbocycles. The number of rotatable bonds is 7. The summed E-state index contributed by atoms with van der Waals surface area (Å²) in [5.41, 5.74) is 0.846. The summed E-state index contributed by atoms with van der Waals surface area (Å²) in [5.74, 6) is -0.524. The first-order valence-corrected chi connectivity index (χ1v) is 16.9. The maximum absolute atomic E-state index is 14.3. The Bertz CT molecular complexity index is 1630. The van der Waals surface area contributed by atoms with Gasteiger partial charge in [-0.15, -0.1) is 0 Å². The standard InChI is InChI=1S/C38H45ClF3NO4/c1-5-19-43(4)23-37(46)18-16-31-28-12-9-25(20-27(44)11-8-24(2)7-6-17-36(31,37)3)21-29(28)35(45)34-15-14-33(47-34)30-22-26(38(40,41)42)10-13-32(30)39/h7,9-10,12-15,21-22,27,31,44,46H,5-6,8,11,16-20,23H2,1-4H3. The summed E-state index contributed by atoms with van der Waals surface area (Å²) in [4.78, 5) is 16.5. The Balaban J connectivity index is 1.59. The van der Waals surface area contributed by atoms with E-state index in [2.05, 4.69) is 31.7 Å². The van der Waals surface area contributed by atoms with Gasteiger partial charge in [0.2, 0.25) is 5.78 Å². The van der Waals surface area contributed by atoms with E-state index in [1.165, 1.54) is 23.8 Å². The summed E-state index contributed by atoms with van der Waals surface area (Å²) in [6.45, 7) is 7.73. The van der Waals surface area contributed by atoms with E-state index in [-0.39, 0.29) is 28.0 Å². The fraction of sp³-hybridized carbons (Fsp3) is 0.500. The Morgan fingerprint density at radius 2 is 1.87 bits per heavy atom. The van der Waals surface area contributed by atoms with E-state index >= 15 is 0 Å². The molecule has 1 saturated carbocycles. The van der Waals surface area contributed by atoms with Crippen LogP contribution in [-0.4, -0.2) is 52.7 Å². The Morgan fingerprint density at radius 1 is 1.11 bits per heavy atom. The molecule has 1 fully saturated rings. The van der Waals surface area contributed by atoms with E-state index in [9.17, 15) is 28.2 Å². The third-order valence-electron chi connectivity index (χ3n) is 10.4. The maximum Gasteiger partial charge on any atom is 0.416 e. The summed E-state index contributed by atoms with van der Waals surface area (Å²) in [6.07, 6.45) is 2.45. The number of halogens is 4. The lowest BCUT2D eigenvalue weighted by Crippen LogP contribution is -2.51. The molecular weight excluding hydrogens is 627 g/mol.